The van der Waals surface area contributed by atoms with Crippen molar-refractivity contribution >= 4 is 56.7 Å². The zero-order valence-electron chi connectivity index (χ0n) is 20.0. The van der Waals surface area contributed by atoms with Crippen LogP contribution in [0.2, 0.25) is 15.1 Å². The van der Waals surface area contributed by atoms with Crippen LogP contribution in [-0.2, 0) is 23.1 Å². The van der Waals surface area contributed by atoms with Gasteiger partial charge in [0, 0.05) is 16.6 Å². The summed E-state index contributed by atoms with van der Waals surface area (Å²) in [7, 11) is -2.34. The highest BCUT2D eigenvalue weighted by Gasteiger charge is 2.27. The van der Waals surface area contributed by atoms with Gasteiger partial charge in [0.2, 0.25) is 10.0 Å². The van der Waals surface area contributed by atoms with Crippen LogP contribution in [0.4, 0.5) is 5.69 Å². The minimum absolute atomic E-state index is 0.0165. The fraction of sp³-hybridized carbons (Fsp3) is 0.148. The van der Waals surface area contributed by atoms with Gasteiger partial charge < -0.3 is 9.15 Å². The third-order valence-electron chi connectivity index (χ3n) is 5.51. The Morgan fingerprint density at radius 2 is 1.68 bits per heavy atom. The summed E-state index contributed by atoms with van der Waals surface area (Å²) in [6, 6.07) is 20.2. The summed E-state index contributed by atoms with van der Waals surface area (Å²) >= 11 is 18.5. The minimum atomic E-state index is -3.88. The molecule has 0 radical (unpaired) electrons. The first kappa shape index (κ1) is 27.2. The zero-order chi connectivity index (χ0) is 26.6. The summed E-state index contributed by atoms with van der Waals surface area (Å²) in [4.78, 5) is 4.55. The lowest BCUT2D eigenvalue weighted by atomic mass is 10.2. The maximum absolute atomic E-state index is 13.6. The van der Waals surface area contributed by atoms with E-state index in [1.165, 1.54) is 17.6 Å². The number of aryl methyl sites for hydroxylation is 1. The van der Waals surface area contributed by atoms with Crippen molar-refractivity contribution in [3.05, 3.63) is 111 Å². The molecule has 192 valence electrons. The molecule has 6 nitrogen and oxygen atoms in total. The van der Waals surface area contributed by atoms with E-state index in [0.717, 1.165) is 5.56 Å². The minimum Gasteiger partial charge on any atom is -0.495 e. The van der Waals surface area contributed by atoms with E-state index in [4.69, 9.17) is 44.0 Å². The lowest BCUT2D eigenvalue weighted by molar-refractivity contribution is 0.357. The third kappa shape index (κ3) is 6.74. The van der Waals surface area contributed by atoms with Crippen molar-refractivity contribution in [2.24, 2.45) is 4.99 Å². The number of benzene rings is 3. The summed E-state index contributed by atoms with van der Waals surface area (Å²) in [5.41, 5.74) is 2.19. The summed E-state index contributed by atoms with van der Waals surface area (Å²) in [5, 5.41) is 1.28. The first-order valence-electron chi connectivity index (χ1n) is 11.1. The van der Waals surface area contributed by atoms with E-state index in [-0.39, 0.29) is 18.0 Å². The van der Waals surface area contributed by atoms with Crippen LogP contribution in [0.3, 0.4) is 0 Å². The summed E-state index contributed by atoms with van der Waals surface area (Å²) in [5.74, 6) is 1.45. The molecule has 1 aromatic heterocycles. The average Bonchev–Trinajstić information content (AvgIpc) is 3.31. The fourth-order valence-corrected chi connectivity index (χ4v) is 5.63. The molecule has 0 saturated carbocycles. The van der Waals surface area contributed by atoms with Crippen LogP contribution in [-0.4, -0.2) is 26.0 Å². The molecule has 0 unspecified atom stereocenters. The molecule has 0 amide bonds. The van der Waals surface area contributed by atoms with Gasteiger partial charge >= 0.3 is 0 Å². The van der Waals surface area contributed by atoms with Gasteiger partial charge in [0.05, 0.1) is 35.5 Å². The number of rotatable bonds is 9. The number of ether oxygens (including phenoxy) is 1. The molecule has 0 aliphatic heterocycles. The second-order valence-electron chi connectivity index (χ2n) is 8.20. The van der Waals surface area contributed by atoms with Crippen LogP contribution in [0.25, 0.3) is 0 Å². The molecule has 0 N–H and O–H groups in total. The van der Waals surface area contributed by atoms with Gasteiger partial charge in [0.15, 0.2) is 0 Å². The van der Waals surface area contributed by atoms with Gasteiger partial charge in [-0.15, -0.1) is 0 Å². The highest BCUT2D eigenvalue weighted by atomic mass is 35.5. The zero-order valence-corrected chi connectivity index (χ0v) is 23.1. The number of aliphatic imine (C=N–C) groups is 1. The van der Waals surface area contributed by atoms with E-state index in [0.29, 0.717) is 43.6 Å². The smallest absolute Gasteiger partial charge is 0.243 e. The fourth-order valence-electron chi connectivity index (χ4n) is 3.52. The summed E-state index contributed by atoms with van der Waals surface area (Å²) < 4.78 is 39.5. The predicted molar refractivity (Wildman–Crippen MR) is 148 cm³/mol. The predicted octanol–water partition coefficient (Wildman–Crippen LogP) is 7.70. The molecule has 0 aliphatic carbocycles. The maximum atomic E-state index is 13.6. The van der Waals surface area contributed by atoms with Crippen molar-refractivity contribution in [1.82, 2.24) is 4.31 Å². The SMILES string of the molecule is COc1ccc(N=Cc2ccc(CN(Cc3ccc(Cl)cc3Cl)S(=O)(=O)c3ccc(C)cc3)o2)cc1Cl. The van der Waals surface area contributed by atoms with Crippen LogP contribution in [0.15, 0.2) is 87.1 Å². The normalized spacial score (nSPS) is 11.9. The highest BCUT2D eigenvalue weighted by Crippen LogP contribution is 2.29. The van der Waals surface area contributed by atoms with E-state index in [2.05, 4.69) is 4.99 Å². The van der Waals surface area contributed by atoms with E-state index in [1.807, 2.05) is 6.92 Å². The summed E-state index contributed by atoms with van der Waals surface area (Å²) in [6.45, 7) is 1.91. The molecule has 4 aromatic rings. The molecular formula is C27H23Cl3N2O4S. The van der Waals surface area contributed by atoms with E-state index < -0.39 is 10.0 Å². The molecule has 0 fully saturated rings. The van der Waals surface area contributed by atoms with Crippen molar-refractivity contribution in [1.29, 1.82) is 0 Å². The number of furan rings is 1. The van der Waals surface area contributed by atoms with Crippen LogP contribution in [0, 0.1) is 6.92 Å². The highest BCUT2D eigenvalue weighted by molar-refractivity contribution is 7.89. The van der Waals surface area contributed by atoms with Gasteiger partial charge in [-0.1, -0.05) is 58.6 Å². The van der Waals surface area contributed by atoms with Crippen molar-refractivity contribution in [3.63, 3.8) is 0 Å². The largest absolute Gasteiger partial charge is 0.495 e. The quantitative estimate of drug-likeness (QED) is 0.191. The summed E-state index contributed by atoms with van der Waals surface area (Å²) in [6.07, 6.45) is 1.54. The number of methoxy groups -OCH3 is 1. The molecule has 0 saturated heterocycles. The third-order valence-corrected chi connectivity index (χ3v) is 8.20. The second-order valence-corrected chi connectivity index (χ2v) is 11.4. The van der Waals surface area contributed by atoms with Gasteiger partial charge in [0.1, 0.15) is 17.3 Å². The molecule has 0 aliphatic rings. The Morgan fingerprint density at radius 3 is 2.35 bits per heavy atom. The Kier molecular flexibility index (Phi) is 8.62. The van der Waals surface area contributed by atoms with E-state index in [1.54, 1.807) is 72.8 Å². The standard InChI is InChI=1S/C27H23Cl3N2O4S/c1-18-3-10-24(11-4-18)37(33,34)32(16-19-5-6-20(28)13-25(19)29)17-23-9-8-22(36-23)15-31-21-7-12-27(35-2)26(30)14-21/h3-15H,16-17H2,1-2H3. The van der Waals surface area contributed by atoms with Crippen LogP contribution < -0.4 is 4.74 Å². The topological polar surface area (TPSA) is 72.1 Å². The van der Waals surface area contributed by atoms with Crippen molar-refractivity contribution < 1.29 is 17.6 Å². The van der Waals surface area contributed by atoms with E-state index >= 15 is 0 Å². The molecular weight excluding hydrogens is 555 g/mol. The molecule has 10 heteroatoms. The Bertz CT molecular complexity index is 1530. The van der Waals surface area contributed by atoms with Crippen molar-refractivity contribution in [2.45, 2.75) is 24.9 Å². The van der Waals surface area contributed by atoms with Gasteiger partial charge in [-0.05, 0) is 67.1 Å². The Morgan fingerprint density at radius 1 is 0.919 bits per heavy atom. The maximum Gasteiger partial charge on any atom is 0.243 e. The molecule has 0 bridgehead atoms. The molecule has 4 rings (SSSR count). The molecule has 1 heterocycles. The van der Waals surface area contributed by atoms with Crippen LogP contribution in [0.5, 0.6) is 5.75 Å². The Balaban J connectivity index is 1.60. The first-order valence-corrected chi connectivity index (χ1v) is 13.7. The molecule has 3 aromatic carbocycles. The van der Waals surface area contributed by atoms with Gasteiger partial charge in [0.25, 0.3) is 0 Å². The lowest BCUT2D eigenvalue weighted by Crippen LogP contribution is -2.30. The van der Waals surface area contributed by atoms with Gasteiger partial charge in [-0.25, -0.2) is 8.42 Å². The average molecular weight is 578 g/mol. The van der Waals surface area contributed by atoms with Crippen LogP contribution in [0.1, 0.15) is 22.6 Å². The number of sulfonamides is 1. The van der Waals surface area contributed by atoms with Crippen molar-refractivity contribution in [3.8, 4) is 5.75 Å². The monoisotopic (exact) mass is 576 g/mol. The lowest BCUT2D eigenvalue weighted by Gasteiger charge is -2.22. The van der Waals surface area contributed by atoms with Crippen molar-refractivity contribution in [2.75, 3.05) is 7.11 Å². The van der Waals surface area contributed by atoms with Gasteiger partial charge in [-0.3, -0.25) is 4.99 Å². The number of hydrogen-bond donors (Lipinski definition) is 0. The number of halogens is 3. The van der Waals surface area contributed by atoms with Gasteiger partial charge in [-0.2, -0.15) is 4.31 Å². The molecule has 37 heavy (non-hydrogen) atoms. The number of hydrogen-bond acceptors (Lipinski definition) is 5. The first-order chi connectivity index (χ1) is 17.7. The molecule has 0 spiro atoms. The molecule has 0 atom stereocenters. The van der Waals surface area contributed by atoms with E-state index in [9.17, 15) is 8.42 Å². The Hall–Kier alpha value is -2.81. The Labute approximate surface area is 231 Å². The second kappa shape index (κ2) is 11.7. The van der Waals surface area contributed by atoms with Crippen LogP contribution >= 0.6 is 34.8 Å². The number of nitrogens with zero attached hydrogens (tertiary/aromatic N) is 2.